The fraction of sp³-hybridized carbons (Fsp3) is 0.333. The van der Waals surface area contributed by atoms with Crippen LogP contribution in [0.3, 0.4) is 0 Å². The zero-order valence-corrected chi connectivity index (χ0v) is 17.5. The van der Waals surface area contributed by atoms with Gasteiger partial charge in [0.1, 0.15) is 28.7 Å². The lowest BCUT2D eigenvalue weighted by Crippen LogP contribution is -2.52. The van der Waals surface area contributed by atoms with E-state index in [0.717, 1.165) is 43.1 Å². The standard InChI is InChI=1S/C21H19F2N7S/c1-9-27-17-13(20(28-9)30-10-2-3-11(30)7-25-6-10)8-26-16(15(17)23)12-4-5-14(22)19-18(12)29-21(24)31-19/h4-5,8,10-11,25H,2-3,6-7H2,1H3,(H2,24,29). The van der Waals surface area contributed by atoms with Crippen molar-refractivity contribution in [2.24, 2.45) is 0 Å². The van der Waals surface area contributed by atoms with Crippen LogP contribution in [0.1, 0.15) is 18.7 Å². The Hall–Kier alpha value is -2.98. The molecule has 3 N–H and O–H groups in total. The first kappa shape index (κ1) is 18.8. The number of pyridine rings is 1. The van der Waals surface area contributed by atoms with Crippen molar-refractivity contribution in [3.05, 3.63) is 35.8 Å². The van der Waals surface area contributed by atoms with Gasteiger partial charge >= 0.3 is 0 Å². The fourth-order valence-corrected chi connectivity index (χ4v) is 5.61. The number of fused-ring (bicyclic) bond motifs is 4. The molecule has 2 saturated heterocycles. The average molecular weight is 439 g/mol. The minimum atomic E-state index is -0.564. The monoisotopic (exact) mass is 439 g/mol. The van der Waals surface area contributed by atoms with E-state index in [1.807, 2.05) is 0 Å². The van der Waals surface area contributed by atoms with E-state index < -0.39 is 11.6 Å². The molecule has 31 heavy (non-hydrogen) atoms. The smallest absolute Gasteiger partial charge is 0.181 e. The molecule has 2 aliphatic rings. The van der Waals surface area contributed by atoms with Gasteiger partial charge in [0, 0.05) is 36.9 Å². The van der Waals surface area contributed by atoms with Gasteiger partial charge in [0.25, 0.3) is 0 Å². The van der Waals surface area contributed by atoms with Crippen LogP contribution in [0.2, 0.25) is 0 Å². The van der Waals surface area contributed by atoms with Gasteiger partial charge < -0.3 is 16.0 Å². The quantitative estimate of drug-likeness (QED) is 0.494. The van der Waals surface area contributed by atoms with Crippen LogP contribution in [0.15, 0.2) is 18.3 Å². The number of hydrogen-bond donors (Lipinski definition) is 2. The number of aromatic nitrogens is 4. The van der Waals surface area contributed by atoms with Crippen molar-refractivity contribution >= 4 is 43.4 Å². The molecule has 2 unspecified atom stereocenters. The molecule has 5 heterocycles. The highest BCUT2D eigenvalue weighted by Crippen LogP contribution is 2.39. The molecule has 0 saturated carbocycles. The minimum absolute atomic E-state index is 0.0788. The Bertz CT molecular complexity index is 1340. The summed E-state index contributed by atoms with van der Waals surface area (Å²) in [5.74, 6) is 0.227. The SMILES string of the molecule is Cc1nc(N2C3CCC2CNC3)c2cnc(-c3ccc(F)c4sc(N)nc34)c(F)c2n1. The summed E-state index contributed by atoms with van der Waals surface area (Å²) in [6, 6.07) is 3.43. The molecular weight excluding hydrogens is 420 g/mol. The zero-order chi connectivity index (χ0) is 21.3. The summed E-state index contributed by atoms with van der Waals surface area (Å²) in [6.07, 6.45) is 3.78. The maximum atomic E-state index is 15.8. The van der Waals surface area contributed by atoms with Gasteiger partial charge in [-0.25, -0.2) is 23.7 Å². The number of nitrogen functional groups attached to an aromatic ring is 1. The van der Waals surface area contributed by atoms with Crippen LogP contribution in [0, 0.1) is 18.6 Å². The first-order valence-corrected chi connectivity index (χ1v) is 11.0. The van der Waals surface area contributed by atoms with E-state index in [1.54, 1.807) is 13.1 Å². The van der Waals surface area contributed by atoms with Crippen molar-refractivity contribution in [1.29, 1.82) is 0 Å². The second-order valence-corrected chi connectivity index (χ2v) is 9.08. The Morgan fingerprint density at radius 2 is 1.87 bits per heavy atom. The molecule has 0 aliphatic carbocycles. The molecule has 6 rings (SSSR count). The van der Waals surface area contributed by atoms with Gasteiger partial charge in [0.2, 0.25) is 0 Å². The van der Waals surface area contributed by atoms with E-state index in [4.69, 9.17) is 5.73 Å². The first-order chi connectivity index (χ1) is 15.0. The molecule has 4 aromatic rings. The van der Waals surface area contributed by atoms with Gasteiger partial charge in [-0.05, 0) is 31.9 Å². The summed E-state index contributed by atoms with van der Waals surface area (Å²) in [5, 5.41) is 4.26. The van der Waals surface area contributed by atoms with Crippen molar-refractivity contribution in [3.8, 4) is 11.3 Å². The molecule has 3 aromatic heterocycles. The Labute approximate surface area is 180 Å². The van der Waals surface area contributed by atoms with E-state index in [-0.39, 0.29) is 21.0 Å². The third-order valence-corrected chi connectivity index (χ3v) is 7.06. The van der Waals surface area contributed by atoms with Crippen LogP contribution >= 0.6 is 11.3 Å². The lowest BCUT2D eigenvalue weighted by molar-refractivity contribution is 0.482. The van der Waals surface area contributed by atoms with Gasteiger partial charge in [0.15, 0.2) is 10.9 Å². The van der Waals surface area contributed by atoms with Gasteiger partial charge in [0.05, 0.1) is 15.6 Å². The molecule has 2 atom stereocenters. The third kappa shape index (κ3) is 2.78. The predicted octanol–water partition coefficient (Wildman–Crippen LogP) is 3.41. The number of thiazole rings is 1. The number of halogens is 2. The van der Waals surface area contributed by atoms with Crippen LogP contribution in [-0.4, -0.2) is 45.1 Å². The summed E-state index contributed by atoms with van der Waals surface area (Å²) in [6.45, 7) is 3.53. The Balaban J connectivity index is 1.57. The number of rotatable bonds is 2. The van der Waals surface area contributed by atoms with E-state index in [9.17, 15) is 4.39 Å². The number of hydrogen-bond acceptors (Lipinski definition) is 8. The molecule has 0 spiro atoms. The van der Waals surface area contributed by atoms with Crippen LogP contribution in [0.25, 0.3) is 32.4 Å². The summed E-state index contributed by atoms with van der Waals surface area (Å²) >= 11 is 1.03. The second-order valence-electron chi connectivity index (χ2n) is 8.05. The lowest BCUT2D eigenvalue weighted by Gasteiger charge is -2.36. The molecule has 10 heteroatoms. The third-order valence-electron chi connectivity index (χ3n) is 6.17. The summed E-state index contributed by atoms with van der Waals surface area (Å²) in [7, 11) is 0. The Kier molecular flexibility index (Phi) is 4.09. The highest BCUT2D eigenvalue weighted by Gasteiger charge is 2.38. The molecule has 7 nitrogen and oxygen atoms in total. The fourth-order valence-electron chi connectivity index (χ4n) is 4.84. The predicted molar refractivity (Wildman–Crippen MR) is 117 cm³/mol. The van der Waals surface area contributed by atoms with E-state index in [2.05, 4.69) is 30.2 Å². The molecule has 2 fully saturated rings. The number of benzene rings is 1. The first-order valence-electron chi connectivity index (χ1n) is 10.2. The number of nitrogens with two attached hydrogens (primary N) is 1. The maximum absolute atomic E-state index is 15.8. The van der Waals surface area contributed by atoms with E-state index in [0.29, 0.717) is 34.4 Å². The molecule has 0 amide bonds. The lowest BCUT2D eigenvalue weighted by atomic mass is 10.1. The van der Waals surface area contributed by atoms with Gasteiger partial charge in [-0.2, -0.15) is 0 Å². The summed E-state index contributed by atoms with van der Waals surface area (Å²) in [5.41, 5.74) is 6.77. The number of nitrogens with zero attached hydrogens (tertiary/aromatic N) is 5. The van der Waals surface area contributed by atoms with Gasteiger partial charge in [-0.1, -0.05) is 11.3 Å². The molecule has 158 valence electrons. The number of aryl methyl sites for hydroxylation is 1. The topological polar surface area (TPSA) is 92.9 Å². The summed E-state index contributed by atoms with van der Waals surface area (Å²) in [4.78, 5) is 20.0. The second kappa shape index (κ2) is 6.76. The highest BCUT2D eigenvalue weighted by atomic mass is 32.1. The molecule has 0 radical (unpaired) electrons. The largest absolute Gasteiger partial charge is 0.375 e. The minimum Gasteiger partial charge on any atom is -0.375 e. The molecule has 2 aliphatic heterocycles. The molecule has 2 bridgehead atoms. The van der Waals surface area contributed by atoms with Crippen LogP contribution in [0.5, 0.6) is 0 Å². The Morgan fingerprint density at radius 3 is 2.65 bits per heavy atom. The highest BCUT2D eigenvalue weighted by molar-refractivity contribution is 7.22. The van der Waals surface area contributed by atoms with Crippen LogP contribution in [0.4, 0.5) is 19.7 Å². The molecular formula is C21H19F2N7S. The summed E-state index contributed by atoms with van der Waals surface area (Å²) < 4.78 is 30.3. The van der Waals surface area contributed by atoms with Crippen molar-refractivity contribution in [2.45, 2.75) is 31.8 Å². The van der Waals surface area contributed by atoms with Crippen molar-refractivity contribution in [1.82, 2.24) is 25.3 Å². The number of nitrogens with one attached hydrogen (secondary N) is 1. The van der Waals surface area contributed by atoms with Crippen LogP contribution < -0.4 is 16.0 Å². The number of piperazine rings is 1. The normalized spacial score (nSPS) is 20.8. The van der Waals surface area contributed by atoms with E-state index in [1.165, 1.54) is 12.1 Å². The van der Waals surface area contributed by atoms with Gasteiger partial charge in [-0.3, -0.25) is 4.98 Å². The number of anilines is 2. The molecule has 1 aromatic carbocycles. The van der Waals surface area contributed by atoms with E-state index >= 15 is 4.39 Å². The Morgan fingerprint density at radius 1 is 1.10 bits per heavy atom. The van der Waals surface area contributed by atoms with Crippen molar-refractivity contribution in [3.63, 3.8) is 0 Å². The van der Waals surface area contributed by atoms with Crippen molar-refractivity contribution in [2.75, 3.05) is 23.7 Å². The average Bonchev–Trinajstić information content (AvgIpc) is 3.25. The van der Waals surface area contributed by atoms with Crippen LogP contribution in [-0.2, 0) is 0 Å². The van der Waals surface area contributed by atoms with Gasteiger partial charge in [-0.15, -0.1) is 0 Å². The zero-order valence-electron chi connectivity index (χ0n) is 16.7. The van der Waals surface area contributed by atoms with Crippen molar-refractivity contribution < 1.29 is 8.78 Å². The maximum Gasteiger partial charge on any atom is 0.181 e.